The van der Waals surface area contributed by atoms with E-state index in [4.69, 9.17) is 22.1 Å². The molecule has 0 aliphatic heterocycles. The lowest BCUT2D eigenvalue weighted by molar-refractivity contribution is 0.0601. The van der Waals surface area contributed by atoms with Gasteiger partial charge in [0.1, 0.15) is 11.6 Å². The highest BCUT2D eigenvalue weighted by molar-refractivity contribution is 6.32. The second kappa shape index (κ2) is 5.97. The van der Waals surface area contributed by atoms with E-state index in [0.29, 0.717) is 0 Å². The number of halogens is 3. The first-order valence-corrected chi connectivity index (χ1v) is 6.10. The van der Waals surface area contributed by atoms with Crippen molar-refractivity contribution in [1.29, 1.82) is 0 Å². The fourth-order valence-electron chi connectivity index (χ4n) is 1.61. The Morgan fingerprint density at radius 3 is 2.52 bits per heavy atom. The lowest BCUT2D eigenvalue weighted by atomic mass is 10.1. The van der Waals surface area contributed by atoms with Gasteiger partial charge in [-0.3, -0.25) is 0 Å². The van der Waals surface area contributed by atoms with E-state index in [1.54, 1.807) is 0 Å². The smallest absolute Gasteiger partial charge is 0.340 e. The molecular formula is C14H10ClF2NO3. The van der Waals surface area contributed by atoms with Crippen molar-refractivity contribution in [1.82, 2.24) is 0 Å². The van der Waals surface area contributed by atoms with Gasteiger partial charge in [-0.15, -0.1) is 0 Å². The number of hydrogen-bond donors (Lipinski definition) is 1. The summed E-state index contributed by atoms with van der Waals surface area (Å²) in [5, 5.41) is -0.0363. The molecule has 0 bridgehead atoms. The minimum Gasteiger partial charge on any atom is -0.465 e. The van der Waals surface area contributed by atoms with Crippen molar-refractivity contribution >= 4 is 23.3 Å². The minimum absolute atomic E-state index is 0.0363. The van der Waals surface area contributed by atoms with Crippen molar-refractivity contribution in [3.8, 4) is 11.5 Å². The normalized spacial score (nSPS) is 10.3. The van der Waals surface area contributed by atoms with Crippen molar-refractivity contribution in [2.75, 3.05) is 12.8 Å². The lowest BCUT2D eigenvalue weighted by Crippen LogP contribution is -2.07. The predicted molar refractivity (Wildman–Crippen MR) is 73.6 cm³/mol. The van der Waals surface area contributed by atoms with E-state index in [1.807, 2.05) is 0 Å². The molecule has 7 heteroatoms. The summed E-state index contributed by atoms with van der Waals surface area (Å²) >= 11 is 5.79. The summed E-state index contributed by atoms with van der Waals surface area (Å²) in [5.41, 5.74) is 5.40. The first-order valence-electron chi connectivity index (χ1n) is 5.72. The van der Waals surface area contributed by atoms with Crippen molar-refractivity contribution < 1.29 is 23.0 Å². The number of benzene rings is 2. The Kier molecular flexibility index (Phi) is 4.28. The van der Waals surface area contributed by atoms with Gasteiger partial charge in [0.2, 0.25) is 0 Å². The van der Waals surface area contributed by atoms with E-state index in [-0.39, 0.29) is 27.8 Å². The Balaban J connectivity index is 2.42. The predicted octanol–water partition coefficient (Wildman–Crippen LogP) is 3.78. The lowest BCUT2D eigenvalue weighted by Gasteiger charge is -2.11. The van der Waals surface area contributed by atoms with Gasteiger partial charge in [0.05, 0.1) is 17.7 Å². The molecule has 110 valence electrons. The van der Waals surface area contributed by atoms with Crippen molar-refractivity contribution in [3.63, 3.8) is 0 Å². The molecule has 0 unspecified atom stereocenters. The zero-order chi connectivity index (χ0) is 15.6. The Bertz CT molecular complexity index is 707. The van der Waals surface area contributed by atoms with Crippen LogP contribution in [0.4, 0.5) is 14.5 Å². The second-order valence-electron chi connectivity index (χ2n) is 4.04. The largest absolute Gasteiger partial charge is 0.465 e. The molecule has 0 aliphatic carbocycles. The summed E-state index contributed by atoms with van der Waals surface area (Å²) < 4.78 is 36.5. The van der Waals surface area contributed by atoms with Crippen LogP contribution >= 0.6 is 11.6 Å². The number of nitrogens with two attached hydrogens (primary N) is 1. The van der Waals surface area contributed by atoms with Crippen molar-refractivity contribution in [2.24, 2.45) is 0 Å². The van der Waals surface area contributed by atoms with Gasteiger partial charge in [-0.1, -0.05) is 11.6 Å². The maximum atomic E-state index is 13.8. The Labute approximate surface area is 124 Å². The molecule has 2 aromatic carbocycles. The summed E-state index contributed by atoms with van der Waals surface area (Å²) in [6.07, 6.45) is 0. The molecule has 2 aromatic rings. The summed E-state index contributed by atoms with van der Waals surface area (Å²) in [5.74, 6) is -2.32. The fourth-order valence-corrected chi connectivity index (χ4v) is 1.82. The van der Waals surface area contributed by atoms with Gasteiger partial charge < -0.3 is 15.2 Å². The van der Waals surface area contributed by atoms with Gasteiger partial charge in [-0.05, 0) is 18.2 Å². The number of hydrogen-bond acceptors (Lipinski definition) is 4. The third-order valence-electron chi connectivity index (χ3n) is 2.62. The number of nitrogen functional groups attached to an aromatic ring is 1. The van der Waals surface area contributed by atoms with Gasteiger partial charge in [-0.2, -0.15) is 0 Å². The number of esters is 1. The Morgan fingerprint density at radius 2 is 1.90 bits per heavy atom. The number of carbonyl (C=O) groups is 1. The third kappa shape index (κ3) is 3.22. The highest BCUT2D eigenvalue weighted by atomic mass is 35.5. The molecule has 0 fully saturated rings. The first-order chi connectivity index (χ1) is 9.92. The van der Waals surface area contributed by atoms with Crippen LogP contribution < -0.4 is 10.5 Å². The summed E-state index contributed by atoms with van der Waals surface area (Å²) in [4.78, 5) is 11.5. The molecule has 0 radical (unpaired) electrons. The van der Waals surface area contributed by atoms with Crippen LogP contribution in [0.3, 0.4) is 0 Å². The summed E-state index contributed by atoms with van der Waals surface area (Å²) in [6.45, 7) is 0. The number of anilines is 1. The Morgan fingerprint density at radius 1 is 1.19 bits per heavy atom. The molecule has 0 saturated heterocycles. The zero-order valence-electron chi connectivity index (χ0n) is 10.8. The summed E-state index contributed by atoms with van der Waals surface area (Å²) in [6, 6.07) is 5.39. The SMILES string of the molecule is COC(=O)c1cc(Oc2ccc(F)cc2Cl)c(F)cc1N. The molecule has 0 spiro atoms. The van der Waals surface area contributed by atoms with Crippen molar-refractivity contribution in [3.05, 3.63) is 52.6 Å². The van der Waals surface area contributed by atoms with Gasteiger partial charge in [-0.25, -0.2) is 13.6 Å². The number of methoxy groups -OCH3 is 1. The van der Waals surface area contributed by atoms with Gasteiger partial charge in [0.25, 0.3) is 0 Å². The molecule has 0 aliphatic rings. The van der Waals surface area contributed by atoms with E-state index in [0.717, 1.165) is 24.3 Å². The molecule has 0 aromatic heterocycles. The zero-order valence-corrected chi connectivity index (χ0v) is 11.6. The topological polar surface area (TPSA) is 61.5 Å². The molecule has 0 saturated carbocycles. The van der Waals surface area contributed by atoms with E-state index in [1.165, 1.54) is 13.2 Å². The van der Waals surface area contributed by atoms with Crippen LogP contribution in [-0.4, -0.2) is 13.1 Å². The van der Waals surface area contributed by atoms with Crippen LogP contribution in [0.15, 0.2) is 30.3 Å². The molecular weight excluding hydrogens is 304 g/mol. The van der Waals surface area contributed by atoms with Gasteiger partial charge in [0.15, 0.2) is 11.6 Å². The second-order valence-corrected chi connectivity index (χ2v) is 4.45. The third-order valence-corrected chi connectivity index (χ3v) is 2.92. The monoisotopic (exact) mass is 313 g/mol. The van der Waals surface area contributed by atoms with Crippen LogP contribution in [0, 0.1) is 11.6 Å². The molecule has 0 amide bonds. The van der Waals surface area contributed by atoms with E-state index in [9.17, 15) is 13.6 Å². The molecule has 2 N–H and O–H groups in total. The molecule has 21 heavy (non-hydrogen) atoms. The van der Waals surface area contributed by atoms with Crippen LogP contribution in [0.2, 0.25) is 5.02 Å². The molecule has 2 rings (SSSR count). The standard InChI is InChI=1S/C14H10ClF2NO3/c1-20-14(19)8-5-13(10(17)6-11(8)18)21-12-3-2-7(16)4-9(12)15/h2-6H,18H2,1H3. The van der Waals surface area contributed by atoms with Crippen LogP contribution in [0.25, 0.3) is 0 Å². The number of rotatable bonds is 3. The minimum atomic E-state index is -0.791. The number of carbonyl (C=O) groups excluding carboxylic acids is 1. The Hall–Kier alpha value is -2.34. The molecule has 0 heterocycles. The fraction of sp³-hybridized carbons (Fsp3) is 0.0714. The van der Waals surface area contributed by atoms with E-state index in [2.05, 4.69) is 4.74 Å². The van der Waals surface area contributed by atoms with Crippen LogP contribution in [-0.2, 0) is 4.74 Å². The van der Waals surface area contributed by atoms with Gasteiger partial charge >= 0.3 is 5.97 Å². The van der Waals surface area contributed by atoms with E-state index >= 15 is 0 Å². The van der Waals surface area contributed by atoms with Gasteiger partial charge in [0, 0.05) is 17.8 Å². The number of ether oxygens (including phenoxy) is 2. The maximum Gasteiger partial charge on any atom is 0.340 e. The average molecular weight is 314 g/mol. The summed E-state index contributed by atoms with van der Waals surface area (Å²) in [7, 11) is 1.17. The van der Waals surface area contributed by atoms with Crippen molar-refractivity contribution in [2.45, 2.75) is 0 Å². The molecule has 4 nitrogen and oxygen atoms in total. The van der Waals surface area contributed by atoms with Crippen LogP contribution in [0.1, 0.15) is 10.4 Å². The first kappa shape index (κ1) is 15.1. The quantitative estimate of drug-likeness (QED) is 0.692. The molecule has 0 atom stereocenters. The van der Waals surface area contributed by atoms with Crippen LogP contribution in [0.5, 0.6) is 11.5 Å². The average Bonchev–Trinajstić information content (AvgIpc) is 2.43. The highest BCUT2D eigenvalue weighted by Gasteiger charge is 2.17. The van der Waals surface area contributed by atoms with E-state index < -0.39 is 17.6 Å². The highest BCUT2D eigenvalue weighted by Crippen LogP contribution is 2.33. The maximum absolute atomic E-state index is 13.8.